The molecular formula is C15H18N2O3. The Bertz CT molecular complexity index is 618. The van der Waals surface area contributed by atoms with Crippen LogP contribution in [-0.4, -0.2) is 25.0 Å². The Balaban J connectivity index is 2.19. The highest BCUT2D eigenvalue weighted by Crippen LogP contribution is 2.48. The predicted octanol–water partition coefficient (Wildman–Crippen LogP) is 1.84. The lowest BCUT2D eigenvalue weighted by atomic mass is 9.85. The number of benzene rings is 1. The molecule has 1 aliphatic carbocycles. The fraction of sp³-hybridized carbons (Fsp3) is 0.467. The second kappa shape index (κ2) is 3.98. The number of carbonyl (C=O) groups excluding carboxylic acids is 2. The van der Waals surface area contributed by atoms with Crippen LogP contribution in [-0.2, 0) is 14.9 Å². The zero-order valence-corrected chi connectivity index (χ0v) is 11.9. The Morgan fingerprint density at radius 2 is 2.05 bits per heavy atom. The van der Waals surface area contributed by atoms with Gasteiger partial charge in [0.05, 0.1) is 18.1 Å². The number of amides is 1. The van der Waals surface area contributed by atoms with Crippen LogP contribution in [0.15, 0.2) is 12.1 Å². The van der Waals surface area contributed by atoms with Gasteiger partial charge in [-0.2, -0.15) is 0 Å². The lowest BCUT2D eigenvalue weighted by Crippen LogP contribution is -2.37. The van der Waals surface area contributed by atoms with Crippen molar-refractivity contribution in [3.63, 3.8) is 0 Å². The molecule has 0 spiro atoms. The maximum absolute atomic E-state index is 12.6. The number of methoxy groups -OCH3 is 1. The van der Waals surface area contributed by atoms with E-state index in [1.165, 1.54) is 7.11 Å². The number of hydrogen-bond acceptors (Lipinski definition) is 4. The number of anilines is 2. The van der Waals surface area contributed by atoms with E-state index in [4.69, 9.17) is 10.5 Å². The highest BCUT2D eigenvalue weighted by Gasteiger charge is 2.49. The van der Waals surface area contributed by atoms with Crippen LogP contribution in [0.25, 0.3) is 0 Å². The van der Waals surface area contributed by atoms with Crippen LogP contribution < -0.4 is 10.6 Å². The summed E-state index contributed by atoms with van der Waals surface area (Å²) in [6.07, 6.45) is 2.03. The van der Waals surface area contributed by atoms with Crippen molar-refractivity contribution < 1.29 is 14.3 Å². The number of nitrogen functional groups attached to an aromatic ring is 1. The average molecular weight is 274 g/mol. The van der Waals surface area contributed by atoms with E-state index in [0.717, 1.165) is 24.1 Å². The van der Waals surface area contributed by atoms with Crippen LogP contribution in [0, 0.1) is 0 Å². The molecule has 0 bridgehead atoms. The molecule has 1 aliphatic heterocycles. The highest BCUT2D eigenvalue weighted by molar-refractivity contribution is 6.10. The van der Waals surface area contributed by atoms with Crippen molar-refractivity contribution in [1.82, 2.24) is 0 Å². The monoisotopic (exact) mass is 274 g/mol. The minimum absolute atomic E-state index is 0.0800. The first kappa shape index (κ1) is 13.0. The molecule has 106 valence electrons. The molecule has 0 saturated heterocycles. The molecule has 0 aromatic heterocycles. The first-order chi connectivity index (χ1) is 9.37. The fourth-order valence-corrected chi connectivity index (χ4v) is 2.81. The van der Waals surface area contributed by atoms with Crippen LogP contribution in [0.2, 0.25) is 0 Å². The molecule has 5 nitrogen and oxygen atoms in total. The van der Waals surface area contributed by atoms with Gasteiger partial charge >= 0.3 is 5.97 Å². The number of hydrogen-bond donors (Lipinski definition) is 1. The maximum Gasteiger partial charge on any atom is 0.340 e. The first-order valence-corrected chi connectivity index (χ1v) is 6.74. The Morgan fingerprint density at radius 3 is 2.60 bits per heavy atom. The Morgan fingerprint density at radius 1 is 1.40 bits per heavy atom. The van der Waals surface area contributed by atoms with Crippen LogP contribution in [0.5, 0.6) is 0 Å². The topological polar surface area (TPSA) is 72.6 Å². The third-order valence-corrected chi connectivity index (χ3v) is 4.17. The average Bonchev–Trinajstić information content (AvgIpc) is 3.20. The quantitative estimate of drug-likeness (QED) is 0.659. The maximum atomic E-state index is 12.6. The Labute approximate surface area is 117 Å². The summed E-state index contributed by atoms with van der Waals surface area (Å²) >= 11 is 0. The SMILES string of the molecule is COC(=O)c1cc2c(cc1N)C(C)(C)C(=O)N2C1CC1. The lowest BCUT2D eigenvalue weighted by molar-refractivity contribution is -0.122. The molecule has 1 fully saturated rings. The molecular weight excluding hydrogens is 256 g/mol. The standard InChI is InChI=1S/C15H18N2O3/c1-15(2)10-7-11(16)9(13(18)20-3)6-12(10)17(14(15)19)8-4-5-8/h6-8H,4-5,16H2,1-3H3. The molecule has 20 heavy (non-hydrogen) atoms. The van der Waals surface area contributed by atoms with E-state index in [2.05, 4.69) is 0 Å². The van der Waals surface area contributed by atoms with E-state index in [1.807, 2.05) is 18.7 Å². The second-order valence-corrected chi connectivity index (χ2v) is 5.98. The number of esters is 1. The summed E-state index contributed by atoms with van der Waals surface area (Å²) in [7, 11) is 1.32. The van der Waals surface area contributed by atoms with E-state index in [1.54, 1.807) is 12.1 Å². The van der Waals surface area contributed by atoms with Gasteiger partial charge in [0.25, 0.3) is 0 Å². The van der Waals surface area contributed by atoms with Gasteiger partial charge in [0, 0.05) is 17.4 Å². The second-order valence-electron chi connectivity index (χ2n) is 5.98. The van der Waals surface area contributed by atoms with Gasteiger partial charge in [-0.1, -0.05) is 0 Å². The normalized spacial score (nSPS) is 19.9. The molecule has 1 saturated carbocycles. The van der Waals surface area contributed by atoms with Gasteiger partial charge in [0.15, 0.2) is 0 Å². The van der Waals surface area contributed by atoms with Gasteiger partial charge in [-0.25, -0.2) is 4.79 Å². The fourth-order valence-electron chi connectivity index (χ4n) is 2.81. The number of rotatable bonds is 2. The van der Waals surface area contributed by atoms with Gasteiger partial charge in [-0.05, 0) is 44.4 Å². The van der Waals surface area contributed by atoms with Gasteiger partial charge in [0.1, 0.15) is 0 Å². The van der Waals surface area contributed by atoms with Crippen LogP contribution in [0.1, 0.15) is 42.6 Å². The lowest BCUT2D eigenvalue weighted by Gasteiger charge is -2.19. The molecule has 1 aromatic carbocycles. The minimum atomic E-state index is -0.597. The van der Waals surface area contributed by atoms with Crippen molar-refractivity contribution in [3.05, 3.63) is 23.3 Å². The van der Waals surface area contributed by atoms with Crippen LogP contribution in [0.4, 0.5) is 11.4 Å². The van der Waals surface area contributed by atoms with Crippen molar-refractivity contribution in [1.29, 1.82) is 0 Å². The van der Waals surface area contributed by atoms with Gasteiger partial charge in [-0.3, -0.25) is 4.79 Å². The summed E-state index contributed by atoms with van der Waals surface area (Å²) in [5, 5.41) is 0. The smallest absolute Gasteiger partial charge is 0.340 e. The van der Waals surface area contributed by atoms with Crippen LogP contribution in [0.3, 0.4) is 0 Å². The Kier molecular flexibility index (Phi) is 2.58. The van der Waals surface area contributed by atoms with Crippen molar-refractivity contribution in [2.24, 2.45) is 0 Å². The number of ether oxygens (including phenoxy) is 1. The Hall–Kier alpha value is -2.04. The van der Waals surface area contributed by atoms with Gasteiger partial charge < -0.3 is 15.4 Å². The van der Waals surface area contributed by atoms with E-state index in [9.17, 15) is 9.59 Å². The zero-order valence-electron chi connectivity index (χ0n) is 11.9. The number of carbonyl (C=O) groups is 2. The summed E-state index contributed by atoms with van der Waals surface area (Å²) in [5.41, 5.74) is 7.72. The molecule has 5 heteroatoms. The summed E-state index contributed by atoms with van der Waals surface area (Å²) in [6, 6.07) is 3.70. The molecule has 1 heterocycles. The molecule has 0 unspecified atom stereocenters. The van der Waals surface area contributed by atoms with E-state index in [-0.39, 0.29) is 11.9 Å². The van der Waals surface area contributed by atoms with Gasteiger partial charge in [0.2, 0.25) is 5.91 Å². The zero-order chi connectivity index (χ0) is 14.7. The first-order valence-electron chi connectivity index (χ1n) is 6.74. The van der Waals surface area contributed by atoms with Crippen molar-refractivity contribution in [3.8, 4) is 0 Å². The molecule has 0 atom stereocenters. The van der Waals surface area contributed by atoms with Crippen molar-refractivity contribution in [2.45, 2.75) is 38.1 Å². The third kappa shape index (κ3) is 1.62. The number of nitrogens with two attached hydrogens (primary N) is 1. The van der Waals surface area contributed by atoms with E-state index < -0.39 is 11.4 Å². The largest absolute Gasteiger partial charge is 0.465 e. The number of fused-ring (bicyclic) bond motifs is 1. The summed E-state index contributed by atoms with van der Waals surface area (Å²) in [6.45, 7) is 3.79. The molecule has 2 N–H and O–H groups in total. The van der Waals surface area contributed by atoms with E-state index >= 15 is 0 Å². The summed E-state index contributed by atoms with van der Waals surface area (Å²) in [4.78, 5) is 26.2. The predicted molar refractivity (Wildman–Crippen MR) is 75.7 cm³/mol. The molecule has 1 amide bonds. The van der Waals surface area contributed by atoms with Gasteiger partial charge in [-0.15, -0.1) is 0 Å². The molecule has 2 aliphatic rings. The molecule has 1 aromatic rings. The molecule has 3 rings (SSSR count). The van der Waals surface area contributed by atoms with Crippen molar-refractivity contribution >= 4 is 23.3 Å². The molecule has 0 radical (unpaired) electrons. The van der Waals surface area contributed by atoms with Crippen LogP contribution >= 0.6 is 0 Å². The number of nitrogens with zero attached hydrogens (tertiary/aromatic N) is 1. The summed E-state index contributed by atoms with van der Waals surface area (Å²) < 4.78 is 4.74. The highest BCUT2D eigenvalue weighted by atomic mass is 16.5. The van der Waals surface area contributed by atoms with Crippen molar-refractivity contribution in [2.75, 3.05) is 17.7 Å². The third-order valence-electron chi connectivity index (χ3n) is 4.17. The summed E-state index contributed by atoms with van der Waals surface area (Å²) in [5.74, 6) is -0.394. The van der Waals surface area contributed by atoms with E-state index in [0.29, 0.717) is 11.3 Å². The minimum Gasteiger partial charge on any atom is -0.465 e.